The summed E-state index contributed by atoms with van der Waals surface area (Å²) in [4.78, 5) is 20.7. The number of hydrogen-bond acceptors (Lipinski definition) is 6. The summed E-state index contributed by atoms with van der Waals surface area (Å²) in [5.74, 6) is 2.48. The van der Waals surface area contributed by atoms with Crippen LogP contribution in [-0.4, -0.2) is 33.0 Å². The highest BCUT2D eigenvalue weighted by Gasteiger charge is 2.31. The van der Waals surface area contributed by atoms with Gasteiger partial charge < -0.3 is 5.11 Å². The van der Waals surface area contributed by atoms with Gasteiger partial charge in [0, 0.05) is 46.9 Å². The van der Waals surface area contributed by atoms with Crippen molar-refractivity contribution in [2.75, 3.05) is 6.54 Å². The summed E-state index contributed by atoms with van der Waals surface area (Å²) in [6, 6.07) is 3.90. The molecule has 1 aliphatic heterocycles. The summed E-state index contributed by atoms with van der Waals surface area (Å²) in [5, 5.41) is 9.74. The molecule has 1 fully saturated rings. The van der Waals surface area contributed by atoms with E-state index in [-0.39, 0.29) is 0 Å². The fourth-order valence-electron chi connectivity index (χ4n) is 3.11. The van der Waals surface area contributed by atoms with Crippen LogP contribution in [0.3, 0.4) is 0 Å². The molecule has 26 heavy (non-hydrogen) atoms. The van der Waals surface area contributed by atoms with Crippen LogP contribution in [0.4, 0.5) is 5.82 Å². The molecule has 4 rings (SSSR count). The third-order valence-electron chi connectivity index (χ3n) is 5.00. The first-order valence-electron chi connectivity index (χ1n) is 9.23. The normalized spacial score (nSPS) is 23.2. The number of aliphatic hydroxyl groups excluding tert-OH is 1. The molecule has 0 aromatic carbocycles. The van der Waals surface area contributed by atoms with E-state index in [0.717, 1.165) is 34.1 Å². The molecule has 2 unspecified atom stereocenters. The van der Waals surface area contributed by atoms with Gasteiger partial charge >= 0.3 is 0 Å². The summed E-state index contributed by atoms with van der Waals surface area (Å²) in [5.41, 5.74) is 3.50. The van der Waals surface area contributed by atoms with Gasteiger partial charge in [-0.05, 0) is 44.7 Å². The number of nitrogens with zero attached hydrogens (tertiary/aromatic N) is 4. The van der Waals surface area contributed by atoms with Gasteiger partial charge in [-0.1, -0.05) is 6.92 Å². The minimum atomic E-state index is -0.470. The van der Waals surface area contributed by atoms with Crippen molar-refractivity contribution in [3.05, 3.63) is 28.8 Å². The highest BCUT2D eigenvalue weighted by atomic mass is 32.1. The maximum absolute atomic E-state index is 9.74. The van der Waals surface area contributed by atoms with Gasteiger partial charge in [0.15, 0.2) is 11.6 Å². The topological polar surface area (TPSA) is 70.7 Å². The second-order valence-corrected chi connectivity index (χ2v) is 8.48. The summed E-state index contributed by atoms with van der Waals surface area (Å²) >= 11 is 1.53. The van der Waals surface area contributed by atoms with Crippen molar-refractivity contribution < 1.29 is 5.11 Å². The Morgan fingerprint density at radius 2 is 2.12 bits per heavy atom. The minimum absolute atomic E-state index is 0.360. The molecule has 0 bridgehead atoms. The van der Waals surface area contributed by atoms with E-state index in [1.165, 1.54) is 35.6 Å². The molecule has 0 spiro atoms. The third kappa shape index (κ3) is 3.62. The monoisotopic (exact) mass is 368 g/mol. The van der Waals surface area contributed by atoms with Gasteiger partial charge in [0.25, 0.3) is 0 Å². The molecule has 0 amide bonds. The van der Waals surface area contributed by atoms with Crippen LogP contribution in [0.5, 0.6) is 0 Å². The van der Waals surface area contributed by atoms with Gasteiger partial charge in [-0.2, -0.15) is 0 Å². The Labute approximate surface area is 158 Å². The van der Waals surface area contributed by atoms with E-state index in [1.54, 1.807) is 6.92 Å². The van der Waals surface area contributed by atoms with E-state index in [2.05, 4.69) is 11.9 Å². The number of aliphatic imine (C=N–C) groups is 2. The summed E-state index contributed by atoms with van der Waals surface area (Å²) in [7, 11) is 0. The molecule has 1 aliphatic carbocycles. The van der Waals surface area contributed by atoms with Gasteiger partial charge in [0.05, 0.1) is 11.0 Å². The van der Waals surface area contributed by atoms with Crippen LogP contribution in [0.1, 0.15) is 49.7 Å². The predicted octanol–water partition coefficient (Wildman–Crippen LogP) is 4.53. The number of hydrogen-bond donors (Lipinski definition) is 1. The fraction of sp³-hybridized carbons (Fsp3) is 0.500. The van der Waals surface area contributed by atoms with Gasteiger partial charge in [-0.3, -0.25) is 4.99 Å². The van der Waals surface area contributed by atoms with Crippen molar-refractivity contribution >= 4 is 28.6 Å². The third-order valence-corrected chi connectivity index (χ3v) is 6.25. The van der Waals surface area contributed by atoms with Gasteiger partial charge in [-0.25, -0.2) is 15.0 Å². The van der Waals surface area contributed by atoms with E-state index in [1.807, 2.05) is 25.3 Å². The van der Waals surface area contributed by atoms with Crippen molar-refractivity contribution in [1.82, 2.24) is 9.97 Å². The molecule has 3 heterocycles. The van der Waals surface area contributed by atoms with Crippen molar-refractivity contribution in [3.63, 3.8) is 0 Å². The SMILES string of the molecule is Cc1cnc(-c2ccc(C(C)O)s2)nc1N=C1CC(C2CC2)=NCC1C. The quantitative estimate of drug-likeness (QED) is 0.862. The van der Waals surface area contributed by atoms with E-state index >= 15 is 0 Å². The van der Waals surface area contributed by atoms with Crippen LogP contribution >= 0.6 is 11.3 Å². The van der Waals surface area contributed by atoms with Crippen molar-refractivity contribution in [2.24, 2.45) is 21.8 Å². The molecule has 2 aliphatic rings. The molecule has 0 radical (unpaired) electrons. The molecule has 2 atom stereocenters. The Morgan fingerprint density at radius 3 is 2.81 bits per heavy atom. The zero-order valence-electron chi connectivity index (χ0n) is 15.4. The second kappa shape index (κ2) is 7.00. The average molecular weight is 369 g/mol. The van der Waals surface area contributed by atoms with Crippen LogP contribution in [0, 0.1) is 18.8 Å². The molecule has 5 nitrogen and oxygen atoms in total. The number of aliphatic hydroxyl groups is 1. The molecule has 6 heteroatoms. The first kappa shape index (κ1) is 17.5. The minimum Gasteiger partial charge on any atom is -0.388 e. The van der Waals surface area contributed by atoms with E-state index in [0.29, 0.717) is 17.7 Å². The zero-order valence-corrected chi connectivity index (χ0v) is 16.3. The second-order valence-electron chi connectivity index (χ2n) is 7.37. The van der Waals surface area contributed by atoms with E-state index in [4.69, 9.17) is 15.0 Å². The lowest BCUT2D eigenvalue weighted by Crippen LogP contribution is -2.25. The molecule has 2 aromatic heterocycles. The molecule has 1 N–H and O–H groups in total. The largest absolute Gasteiger partial charge is 0.388 e. The first-order valence-corrected chi connectivity index (χ1v) is 10.1. The lowest BCUT2D eigenvalue weighted by atomic mass is 9.95. The Kier molecular flexibility index (Phi) is 4.71. The number of thiophene rings is 1. The predicted molar refractivity (Wildman–Crippen MR) is 107 cm³/mol. The maximum atomic E-state index is 9.74. The molecule has 1 saturated carbocycles. The maximum Gasteiger partial charge on any atom is 0.171 e. The summed E-state index contributed by atoms with van der Waals surface area (Å²) < 4.78 is 0. The van der Waals surface area contributed by atoms with Crippen molar-refractivity contribution in [2.45, 2.75) is 46.1 Å². The van der Waals surface area contributed by atoms with Crippen molar-refractivity contribution in [1.29, 1.82) is 0 Å². The Balaban J connectivity index is 1.64. The Morgan fingerprint density at radius 1 is 1.31 bits per heavy atom. The van der Waals surface area contributed by atoms with Crippen LogP contribution in [-0.2, 0) is 0 Å². The van der Waals surface area contributed by atoms with Crippen molar-refractivity contribution in [3.8, 4) is 10.7 Å². The van der Waals surface area contributed by atoms with Crippen LogP contribution in [0.2, 0.25) is 0 Å². The van der Waals surface area contributed by atoms with Crippen LogP contribution < -0.4 is 0 Å². The highest BCUT2D eigenvalue weighted by Crippen LogP contribution is 2.35. The highest BCUT2D eigenvalue weighted by molar-refractivity contribution is 7.15. The molecule has 136 valence electrons. The average Bonchev–Trinajstić information content (AvgIpc) is 3.34. The summed E-state index contributed by atoms with van der Waals surface area (Å²) in [6.45, 7) is 6.80. The van der Waals surface area contributed by atoms with Crippen LogP contribution in [0.15, 0.2) is 28.3 Å². The standard InChI is InChI=1S/C20H24N4OS/c1-11-9-21-16(14-4-5-14)8-15(11)23-19-12(2)10-22-20(24-19)18-7-6-17(26-18)13(3)25/h6-7,10-11,13-14,25H,4-5,8-9H2,1-3H3. The zero-order chi connectivity index (χ0) is 18.3. The number of aromatic nitrogens is 2. The molecular weight excluding hydrogens is 344 g/mol. The Bertz CT molecular complexity index is 880. The van der Waals surface area contributed by atoms with Gasteiger partial charge in [0.2, 0.25) is 0 Å². The number of aryl methyl sites for hydroxylation is 1. The Hall–Kier alpha value is -1.92. The molecular formula is C20H24N4OS. The smallest absolute Gasteiger partial charge is 0.171 e. The van der Waals surface area contributed by atoms with E-state index < -0.39 is 6.10 Å². The first-order chi connectivity index (χ1) is 12.5. The fourth-order valence-corrected chi connectivity index (χ4v) is 4.00. The lowest BCUT2D eigenvalue weighted by molar-refractivity contribution is 0.203. The van der Waals surface area contributed by atoms with Gasteiger partial charge in [0.1, 0.15) is 0 Å². The molecule has 0 saturated heterocycles. The van der Waals surface area contributed by atoms with E-state index in [9.17, 15) is 5.11 Å². The number of rotatable bonds is 4. The molecule has 2 aromatic rings. The summed E-state index contributed by atoms with van der Waals surface area (Å²) in [6.07, 6.45) is 4.81. The van der Waals surface area contributed by atoms with Gasteiger partial charge in [-0.15, -0.1) is 11.3 Å². The van der Waals surface area contributed by atoms with Crippen LogP contribution in [0.25, 0.3) is 10.7 Å². The lowest BCUT2D eigenvalue weighted by Gasteiger charge is -2.20.